The molecule has 0 fully saturated rings. The van der Waals surface area contributed by atoms with Crippen LogP contribution in [0, 0.1) is 12.7 Å². The van der Waals surface area contributed by atoms with E-state index in [9.17, 15) is 4.39 Å². The van der Waals surface area contributed by atoms with Gasteiger partial charge in [-0.3, -0.25) is 9.36 Å². The van der Waals surface area contributed by atoms with Crippen molar-refractivity contribution >= 4 is 52.2 Å². The van der Waals surface area contributed by atoms with E-state index in [-0.39, 0.29) is 12.4 Å². The Balaban J connectivity index is 1.37. The maximum Gasteiger partial charge on any atom is 0.177 e. The van der Waals surface area contributed by atoms with Crippen LogP contribution < -0.4 is 10.6 Å². The summed E-state index contributed by atoms with van der Waals surface area (Å²) < 4.78 is 17.4. The number of aromatic nitrogens is 4. The van der Waals surface area contributed by atoms with E-state index in [0.29, 0.717) is 38.9 Å². The van der Waals surface area contributed by atoms with Crippen LogP contribution in [0.4, 0.5) is 16.0 Å². The Morgan fingerprint density at radius 1 is 1.00 bits per heavy atom. The summed E-state index contributed by atoms with van der Waals surface area (Å²) in [7, 11) is 0. The number of halogens is 3. The molecular weight excluding hydrogens is 470 g/mol. The van der Waals surface area contributed by atoms with Crippen LogP contribution in [0.25, 0.3) is 0 Å². The molecule has 4 aromatic rings. The summed E-state index contributed by atoms with van der Waals surface area (Å²) in [6.45, 7) is 2.77. The van der Waals surface area contributed by atoms with Gasteiger partial charge < -0.3 is 10.6 Å². The molecule has 6 nitrogen and oxygen atoms in total. The molecule has 0 saturated carbocycles. The smallest absolute Gasteiger partial charge is 0.177 e. The minimum absolute atomic E-state index is 0.209. The Kier molecular flexibility index (Phi) is 6.74. The van der Waals surface area contributed by atoms with Gasteiger partial charge in [-0.15, -0.1) is 0 Å². The summed E-state index contributed by atoms with van der Waals surface area (Å²) >= 11 is 17.5. The molecule has 0 bridgehead atoms. The molecule has 0 radical (unpaired) electrons. The SMILES string of the molecule is Cc1cc(NC(=S)Nc2ccn(Cc3c(F)cccc3Cl)n2)nn1Cc1cccc(Cl)c1. The van der Waals surface area contributed by atoms with Crippen molar-refractivity contribution in [2.75, 3.05) is 10.6 Å². The highest BCUT2D eigenvalue weighted by Crippen LogP contribution is 2.20. The minimum Gasteiger partial charge on any atom is -0.316 e. The van der Waals surface area contributed by atoms with Gasteiger partial charge in [-0.05, 0) is 49.0 Å². The number of nitrogens with one attached hydrogen (secondary N) is 2. The highest BCUT2D eigenvalue weighted by atomic mass is 35.5. The number of benzene rings is 2. The predicted octanol–water partition coefficient (Wildman–Crippen LogP) is 5.74. The van der Waals surface area contributed by atoms with Gasteiger partial charge in [0, 0.05) is 39.6 Å². The zero-order chi connectivity index (χ0) is 22.7. The third-order valence-corrected chi connectivity index (χ3v) is 5.50. The van der Waals surface area contributed by atoms with Gasteiger partial charge >= 0.3 is 0 Å². The molecule has 0 saturated heterocycles. The van der Waals surface area contributed by atoms with Gasteiger partial charge in [0.15, 0.2) is 16.7 Å². The third-order valence-electron chi connectivity index (χ3n) is 4.71. The largest absolute Gasteiger partial charge is 0.316 e. The van der Waals surface area contributed by atoms with Gasteiger partial charge in [0.1, 0.15) is 5.82 Å². The van der Waals surface area contributed by atoms with Crippen LogP contribution in [-0.4, -0.2) is 24.7 Å². The fourth-order valence-electron chi connectivity index (χ4n) is 3.17. The number of hydrogen-bond acceptors (Lipinski definition) is 3. The average Bonchev–Trinajstić information content (AvgIpc) is 3.31. The summed E-state index contributed by atoms with van der Waals surface area (Å²) in [6.07, 6.45) is 1.72. The van der Waals surface area contributed by atoms with Crippen LogP contribution >= 0.6 is 35.4 Å². The summed E-state index contributed by atoms with van der Waals surface area (Å²) in [5.74, 6) is 0.757. The van der Waals surface area contributed by atoms with Gasteiger partial charge in [0.25, 0.3) is 0 Å². The van der Waals surface area contributed by atoms with Gasteiger partial charge in [0.2, 0.25) is 0 Å². The molecular formula is C22H19Cl2FN6S. The maximum absolute atomic E-state index is 14.0. The van der Waals surface area contributed by atoms with E-state index in [2.05, 4.69) is 20.8 Å². The molecule has 0 aliphatic carbocycles. The van der Waals surface area contributed by atoms with E-state index >= 15 is 0 Å². The molecule has 10 heteroatoms. The molecule has 2 aromatic heterocycles. The molecule has 2 N–H and O–H groups in total. The quantitative estimate of drug-likeness (QED) is 0.339. The highest BCUT2D eigenvalue weighted by Gasteiger charge is 2.11. The number of rotatable bonds is 6. The molecule has 0 aliphatic heterocycles. The van der Waals surface area contributed by atoms with Crippen molar-refractivity contribution in [1.29, 1.82) is 0 Å². The number of thiocarbonyl (C=S) groups is 1. The lowest BCUT2D eigenvalue weighted by atomic mass is 10.2. The Labute approximate surface area is 200 Å². The first-order chi connectivity index (χ1) is 15.4. The van der Waals surface area contributed by atoms with Crippen molar-refractivity contribution in [3.8, 4) is 0 Å². The van der Waals surface area contributed by atoms with E-state index in [1.807, 2.05) is 41.9 Å². The Bertz CT molecular complexity index is 1250. The van der Waals surface area contributed by atoms with Crippen molar-refractivity contribution in [2.45, 2.75) is 20.0 Å². The lowest BCUT2D eigenvalue weighted by Crippen LogP contribution is -2.20. The zero-order valence-electron chi connectivity index (χ0n) is 17.0. The van der Waals surface area contributed by atoms with Gasteiger partial charge in [-0.2, -0.15) is 10.2 Å². The zero-order valence-corrected chi connectivity index (χ0v) is 19.3. The van der Waals surface area contributed by atoms with E-state index in [1.54, 1.807) is 29.1 Å². The van der Waals surface area contributed by atoms with Crippen molar-refractivity contribution in [3.63, 3.8) is 0 Å². The maximum atomic E-state index is 14.0. The van der Waals surface area contributed by atoms with E-state index in [4.69, 9.17) is 35.4 Å². The second-order valence-corrected chi connectivity index (χ2v) is 8.39. The molecule has 0 atom stereocenters. The molecule has 0 amide bonds. The number of anilines is 2. The normalized spacial score (nSPS) is 10.9. The van der Waals surface area contributed by atoms with Gasteiger partial charge in [0.05, 0.1) is 13.1 Å². The first kappa shape index (κ1) is 22.3. The third kappa shape index (κ3) is 5.45. The van der Waals surface area contributed by atoms with Crippen molar-refractivity contribution < 1.29 is 4.39 Å². The first-order valence-corrected chi connectivity index (χ1v) is 10.9. The minimum atomic E-state index is -0.372. The molecule has 32 heavy (non-hydrogen) atoms. The van der Waals surface area contributed by atoms with Gasteiger partial charge in [-0.1, -0.05) is 41.4 Å². The molecule has 4 rings (SSSR count). The molecule has 2 heterocycles. The Morgan fingerprint density at radius 3 is 2.56 bits per heavy atom. The second kappa shape index (κ2) is 9.68. The second-order valence-electron chi connectivity index (χ2n) is 7.14. The Morgan fingerprint density at radius 2 is 1.78 bits per heavy atom. The standard InChI is InChI=1S/C22H19Cl2FN6S/c1-14-10-21(29-31(14)12-15-4-2-5-16(23)11-15)27-22(32)26-20-8-9-30(28-20)13-17-18(24)6-3-7-19(17)25/h2-11H,12-13H2,1H3,(H2,26,27,28,29,32). The summed E-state index contributed by atoms with van der Waals surface area (Å²) in [4.78, 5) is 0. The molecule has 0 aliphatic rings. The van der Waals surface area contributed by atoms with Crippen molar-refractivity contribution in [1.82, 2.24) is 19.6 Å². The molecule has 0 spiro atoms. The highest BCUT2D eigenvalue weighted by molar-refractivity contribution is 7.80. The van der Waals surface area contributed by atoms with E-state index in [1.165, 1.54) is 6.07 Å². The molecule has 2 aromatic carbocycles. The Hall–Kier alpha value is -2.94. The summed E-state index contributed by atoms with van der Waals surface area (Å²) in [5.41, 5.74) is 2.41. The van der Waals surface area contributed by atoms with Crippen molar-refractivity contribution in [3.05, 3.63) is 93.5 Å². The van der Waals surface area contributed by atoms with E-state index in [0.717, 1.165) is 11.3 Å². The number of aryl methyl sites for hydroxylation is 1. The summed E-state index contributed by atoms with van der Waals surface area (Å²) in [5, 5.41) is 16.4. The van der Waals surface area contributed by atoms with Crippen LogP contribution in [0.2, 0.25) is 10.0 Å². The predicted molar refractivity (Wildman–Crippen MR) is 130 cm³/mol. The van der Waals surface area contributed by atoms with Crippen molar-refractivity contribution in [2.24, 2.45) is 0 Å². The van der Waals surface area contributed by atoms with E-state index < -0.39 is 0 Å². The van der Waals surface area contributed by atoms with Crippen LogP contribution in [0.15, 0.2) is 60.8 Å². The fourth-order valence-corrected chi connectivity index (χ4v) is 3.81. The monoisotopic (exact) mass is 488 g/mol. The van der Waals surface area contributed by atoms with Crippen LogP contribution in [0.5, 0.6) is 0 Å². The number of nitrogens with zero attached hydrogens (tertiary/aromatic N) is 4. The first-order valence-electron chi connectivity index (χ1n) is 9.70. The lowest BCUT2D eigenvalue weighted by Gasteiger charge is -2.07. The van der Waals surface area contributed by atoms with Crippen LogP contribution in [0.3, 0.4) is 0 Å². The molecule has 164 valence electrons. The fraction of sp³-hybridized carbons (Fsp3) is 0.136. The van der Waals surface area contributed by atoms with Crippen LogP contribution in [0.1, 0.15) is 16.8 Å². The lowest BCUT2D eigenvalue weighted by molar-refractivity contribution is 0.586. The topological polar surface area (TPSA) is 59.7 Å². The molecule has 0 unspecified atom stereocenters. The van der Waals surface area contributed by atoms with Crippen LogP contribution in [-0.2, 0) is 13.1 Å². The average molecular weight is 489 g/mol. The number of hydrogen-bond donors (Lipinski definition) is 2. The summed E-state index contributed by atoms with van der Waals surface area (Å²) in [6, 6.07) is 15.9. The van der Waals surface area contributed by atoms with Gasteiger partial charge in [-0.25, -0.2) is 4.39 Å².